The van der Waals surface area contributed by atoms with E-state index in [1.165, 1.54) is 5.56 Å². The Morgan fingerprint density at radius 2 is 1.82 bits per heavy atom. The molecule has 3 aromatic rings. The highest BCUT2D eigenvalue weighted by molar-refractivity contribution is 7.98. The summed E-state index contributed by atoms with van der Waals surface area (Å²) < 4.78 is 7.41. The lowest BCUT2D eigenvalue weighted by Crippen LogP contribution is -1.96. The van der Waals surface area contributed by atoms with E-state index in [1.807, 2.05) is 31.3 Å². The van der Waals surface area contributed by atoms with Gasteiger partial charge in [0.25, 0.3) is 0 Å². The molecule has 0 unspecified atom stereocenters. The van der Waals surface area contributed by atoms with Crippen LogP contribution in [0.1, 0.15) is 11.1 Å². The zero-order chi connectivity index (χ0) is 15.2. The third-order valence-corrected chi connectivity index (χ3v) is 4.11. The summed E-state index contributed by atoms with van der Waals surface area (Å²) in [6, 6.07) is 12.0. The SMILES string of the molecule is Cn1nnnc1SCc1ccc(OCc2ccncc2)cc1. The van der Waals surface area contributed by atoms with Gasteiger partial charge >= 0.3 is 0 Å². The molecule has 3 rings (SSSR count). The first kappa shape index (κ1) is 14.5. The fourth-order valence-electron chi connectivity index (χ4n) is 1.82. The molecule has 0 bridgehead atoms. The van der Waals surface area contributed by atoms with Gasteiger partial charge in [0.1, 0.15) is 12.4 Å². The van der Waals surface area contributed by atoms with Crippen LogP contribution in [0.15, 0.2) is 53.9 Å². The number of aromatic nitrogens is 5. The number of nitrogens with zero attached hydrogens (tertiary/aromatic N) is 5. The second-order valence-corrected chi connectivity index (χ2v) is 5.60. The van der Waals surface area contributed by atoms with Crippen LogP contribution >= 0.6 is 11.8 Å². The van der Waals surface area contributed by atoms with Gasteiger partial charge in [-0.25, -0.2) is 4.68 Å². The lowest BCUT2D eigenvalue weighted by atomic mass is 10.2. The van der Waals surface area contributed by atoms with E-state index >= 15 is 0 Å². The van der Waals surface area contributed by atoms with Gasteiger partial charge in [-0.3, -0.25) is 4.98 Å². The summed E-state index contributed by atoms with van der Waals surface area (Å²) in [5.41, 5.74) is 2.30. The molecule has 2 aromatic heterocycles. The zero-order valence-corrected chi connectivity index (χ0v) is 12.9. The number of aryl methyl sites for hydroxylation is 1. The van der Waals surface area contributed by atoms with Crippen LogP contribution in [0, 0.1) is 0 Å². The molecule has 0 radical (unpaired) electrons. The normalized spacial score (nSPS) is 10.6. The van der Waals surface area contributed by atoms with Crippen LogP contribution in [0.3, 0.4) is 0 Å². The van der Waals surface area contributed by atoms with Gasteiger partial charge in [0.15, 0.2) is 0 Å². The quantitative estimate of drug-likeness (QED) is 0.651. The average molecular weight is 313 g/mol. The van der Waals surface area contributed by atoms with Crippen molar-refractivity contribution in [1.29, 1.82) is 0 Å². The van der Waals surface area contributed by atoms with Crippen molar-refractivity contribution >= 4 is 11.8 Å². The van der Waals surface area contributed by atoms with E-state index < -0.39 is 0 Å². The minimum absolute atomic E-state index is 0.543. The number of thioether (sulfide) groups is 1. The van der Waals surface area contributed by atoms with Crippen LogP contribution < -0.4 is 4.74 Å². The molecule has 112 valence electrons. The van der Waals surface area contributed by atoms with Crippen molar-refractivity contribution in [3.8, 4) is 5.75 Å². The molecule has 22 heavy (non-hydrogen) atoms. The Morgan fingerprint density at radius 3 is 2.50 bits per heavy atom. The number of tetrazole rings is 1. The Hall–Kier alpha value is -2.41. The van der Waals surface area contributed by atoms with Gasteiger partial charge in [-0.15, -0.1) is 5.10 Å². The van der Waals surface area contributed by atoms with Crippen molar-refractivity contribution in [2.45, 2.75) is 17.5 Å². The van der Waals surface area contributed by atoms with E-state index in [2.05, 4.69) is 32.6 Å². The second-order valence-electron chi connectivity index (χ2n) is 4.66. The summed E-state index contributed by atoms with van der Waals surface area (Å²) in [5.74, 6) is 1.67. The fraction of sp³-hybridized carbons (Fsp3) is 0.200. The fourth-order valence-corrected chi connectivity index (χ4v) is 2.62. The molecule has 0 aliphatic carbocycles. The van der Waals surface area contributed by atoms with Crippen LogP contribution in [0.5, 0.6) is 5.75 Å². The number of benzene rings is 1. The van der Waals surface area contributed by atoms with Gasteiger partial charge in [-0.2, -0.15) is 0 Å². The van der Waals surface area contributed by atoms with Crippen molar-refractivity contribution in [3.63, 3.8) is 0 Å². The number of ether oxygens (including phenoxy) is 1. The van der Waals surface area contributed by atoms with Crippen LogP contribution in [-0.4, -0.2) is 25.2 Å². The molecular formula is C15H15N5OS. The summed E-state index contributed by atoms with van der Waals surface area (Å²) in [6.07, 6.45) is 3.53. The predicted molar refractivity (Wildman–Crippen MR) is 83.4 cm³/mol. The summed E-state index contributed by atoms with van der Waals surface area (Å²) in [7, 11) is 1.83. The standard InChI is InChI=1S/C15H15N5OS/c1-20-15(17-18-19-20)22-11-13-2-4-14(5-3-13)21-10-12-6-8-16-9-7-12/h2-9H,10-11H2,1H3. The minimum atomic E-state index is 0.543. The summed E-state index contributed by atoms with van der Waals surface area (Å²) >= 11 is 1.60. The summed E-state index contributed by atoms with van der Waals surface area (Å²) in [6.45, 7) is 0.543. The molecule has 0 saturated heterocycles. The molecule has 0 spiro atoms. The van der Waals surface area contributed by atoms with Crippen molar-refractivity contribution in [2.24, 2.45) is 7.05 Å². The number of rotatable bonds is 6. The van der Waals surface area contributed by atoms with Gasteiger partial charge < -0.3 is 4.74 Å². The van der Waals surface area contributed by atoms with Crippen LogP contribution in [0.25, 0.3) is 0 Å². The number of hydrogen-bond acceptors (Lipinski definition) is 6. The van der Waals surface area contributed by atoms with Gasteiger partial charge in [0.05, 0.1) is 0 Å². The van der Waals surface area contributed by atoms with Crippen LogP contribution in [0.4, 0.5) is 0 Å². The van der Waals surface area contributed by atoms with Gasteiger partial charge in [0.2, 0.25) is 5.16 Å². The zero-order valence-electron chi connectivity index (χ0n) is 12.1. The predicted octanol–water partition coefficient (Wildman–Crippen LogP) is 2.48. The molecule has 0 aliphatic heterocycles. The monoisotopic (exact) mass is 313 g/mol. The molecule has 0 amide bonds. The van der Waals surface area contributed by atoms with Crippen LogP contribution in [-0.2, 0) is 19.4 Å². The van der Waals surface area contributed by atoms with Gasteiger partial charge in [-0.05, 0) is 45.8 Å². The molecule has 0 fully saturated rings. The number of pyridine rings is 1. The van der Waals surface area contributed by atoms with E-state index in [0.29, 0.717) is 6.61 Å². The molecule has 7 heteroatoms. The second kappa shape index (κ2) is 7.04. The average Bonchev–Trinajstić information content (AvgIpc) is 2.98. The van der Waals surface area contributed by atoms with E-state index in [4.69, 9.17) is 4.74 Å². The minimum Gasteiger partial charge on any atom is -0.489 e. The van der Waals surface area contributed by atoms with Crippen molar-refractivity contribution in [3.05, 3.63) is 59.9 Å². The Bertz CT molecular complexity index is 714. The molecular weight excluding hydrogens is 298 g/mol. The Labute approximate surface area is 132 Å². The highest BCUT2D eigenvalue weighted by Gasteiger charge is 2.03. The van der Waals surface area contributed by atoms with Gasteiger partial charge in [0, 0.05) is 25.2 Å². The van der Waals surface area contributed by atoms with Crippen molar-refractivity contribution in [1.82, 2.24) is 25.2 Å². The first-order valence-corrected chi connectivity index (χ1v) is 7.75. The smallest absolute Gasteiger partial charge is 0.209 e. The maximum absolute atomic E-state index is 5.75. The van der Waals surface area contributed by atoms with E-state index in [9.17, 15) is 0 Å². The maximum atomic E-state index is 5.75. The summed E-state index contributed by atoms with van der Waals surface area (Å²) in [5, 5.41) is 12.2. The molecule has 0 aliphatic rings. The number of hydrogen-bond donors (Lipinski definition) is 0. The van der Waals surface area contributed by atoms with E-state index in [1.54, 1.807) is 28.8 Å². The Balaban J connectivity index is 1.53. The lowest BCUT2D eigenvalue weighted by Gasteiger charge is -2.07. The molecule has 2 heterocycles. The molecule has 1 aromatic carbocycles. The molecule has 0 saturated carbocycles. The summed E-state index contributed by atoms with van der Waals surface area (Å²) in [4.78, 5) is 3.99. The first-order valence-electron chi connectivity index (χ1n) is 6.77. The maximum Gasteiger partial charge on any atom is 0.209 e. The van der Waals surface area contributed by atoms with Gasteiger partial charge in [-0.1, -0.05) is 23.9 Å². The largest absolute Gasteiger partial charge is 0.489 e. The topological polar surface area (TPSA) is 65.7 Å². The third kappa shape index (κ3) is 3.82. The lowest BCUT2D eigenvalue weighted by molar-refractivity contribution is 0.306. The Kier molecular flexibility index (Phi) is 4.65. The first-order chi connectivity index (χ1) is 10.8. The highest BCUT2D eigenvalue weighted by atomic mass is 32.2. The van der Waals surface area contributed by atoms with Crippen molar-refractivity contribution < 1.29 is 4.74 Å². The molecule has 6 nitrogen and oxygen atoms in total. The van der Waals surface area contributed by atoms with Crippen molar-refractivity contribution in [2.75, 3.05) is 0 Å². The third-order valence-electron chi connectivity index (χ3n) is 3.03. The Morgan fingerprint density at radius 1 is 1.05 bits per heavy atom. The van der Waals surface area contributed by atoms with Crippen LogP contribution in [0.2, 0.25) is 0 Å². The highest BCUT2D eigenvalue weighted by Crippen LogP contribution is 2.21. The van der Waals surface area contributed by atoms with E-state index in [-0.39, 0.29) is 0 Å². The van der Waals surface area contributed by atoms with E-state index in [0.717, 1.165) is 22.2 Å². The molecule has 0 N–H and O–H groups in total. The molecule has 0 atom stereocenters.